The van der Waals surface area contributed by atoms with Gasteiger partial charge in [-0.3, -0.25) is 14.3 Å². The van der Waals surface area contributed by atoms with Crippen molar-refractivity contribution in [3.63, 3.8) is 0 Å². The van der Waals surface area contributed by atoms with Gasteiger partial charge < -0.3 is 4.90 Å². The van der Waals surface area contributed by atoms with Gasteiger partial charge in [0.15, 0.2) is 0 Å². The largest absolute Gasteiger partial charge is 0.335 e. The van der Waals surface area contributed by atoms with E-state index in [1.807, 2.05) is 23.1 Å². The first-order valence-corrected chi connectivity index (χ1v) is 9.87. The minimum atomic E-state index is -0.0877. The van der Waals surface area contributed by atoms with Crippen molar-refractivity contribution in [3.05, 3.63) is 62.6 Å². The molecule has 2 aromatic heterocycles. The van der Waals surface area contributed by atoms with Crippen molar-refractivity contribution in [2.24, 2.45) is 0 Å². The van der Waals surface area contributed by atoms with E-state index in [1.165, 1.54) is 16.6 Å². The highest BCUT2D eigenvalue weighted by atomic mass is 32.1. The second kappa shape index (κ2) is 7.03. The fraction of sp³-hybridized carbons (Fsp3) is 0.350. The average Bonchev–Trinajstić information content (AvgIpc) is 3.15. The molecule has 1 aliphatic rings. The molecule has 1 aliphatic heterocycles. The summed E-state index contributed by atoms with van der Waals surface area (Å²) in [6.45, 7) is 3.39. The molecule has 0 aliphatic carbocycles. The first kappa shape index (κ1) is 17.0. The van der Waals surface area contributed by atoms with Gasteiger partial charge in [-0.05, 0) is 42.0 Å². The highest BCUT2D eigenvalue weighted by molar-refractivity contribution is 7.10. The smallest absolute Gasteiger partial charge is 0.224 e. The summed E-state index contributed by atoms with van der Waals surface area (Å²) >= 11 is 1.79. The minimum Gasteiger partial charge on any atom is -0.335 e. The van der Waals surface area contributed by atoms with Crippen LogP contribution in [0.5, 0.6) is 0 Å². The molecule has 1 unspecified atom stereocenters. The summed E-state index contributed by atoms with van der Waals surface area (Å²) in [6, 6.07) is 9.74. The third-order valence-electron chi connectivity index (χ3n) is 5.10. The number of nitrogens with zero attached hydrogens (tertiary/aromatic N) is 3. The van der Waals surface area contributed by atoms with Crippen LogP contribution in [-0.2, 0) is 17.8 Å². The summed E-state index contributed by atoms with van der Waals surface area (Å²) < 4.78 is 1.76. The molecule has 3 heterocycles. The van der Waals surface area contributed by atoms with Crippen LogP contribution in [0.1, 0.15) is 36.2 Å². The second-order valence-electron chi connectivity index (χ2n) is 6.56. The maximum atomic E-state index is 12.9. The quantitative estimate of drug-likeness (QED) is 0.710. The van der Waals surface area contributed by atoms with E-state index in [0.29, 0.717) is 18.4 Å². The molecule has 6 heteroatoms. The van der Waals surface area contributed by atoms with Gasteiger partial charge in [0.25, 0.3) is 0 Å². The molecule has 0 spiro atoms. The lowest BCUT2D eigenvalue weighted by atomic mass is 9.97. The molecule has 0 bridgehead atoms. The highest BCUT2D eigenvalue weighted by Crippen LogP contribution is 2.35. The SMILES string of the molecule is CCC1c2ccsc2CCN1C(=O)CCn1ncc(=O)c2ccccc21. The van der Waals surface area contributed by atoms with E-state index in [0.717, 1.165) is 24.9 Å². The lowest BCUT2D eigenvalue weighted by molar-refractivity contribution is -0.134. The zero-order valence-electron chi connectivity index (χ0n) is 14.7. The monoisotopic (exact) mass is 367 g/mol. The Hall–Kier alpha value is -2.47. The molecule has 134 valence electrons. The van der Waals surface area contributed by atoms with Gasteiger partial charge in [0, 0.05) is 23.2 Å². The molecule has 0 N–H and O–H groups in total. The van der Waals surface area contributed by atoms with Crippen LogP contribution in [0.4, 0.5) is 0 Å². The van der Waals surface area contributed by atoms with E-state index in [1.54, 1.807) is 22.1 Å². The number of para-hydroxylation sites is 1. The number of hydrogen-bond acceptors (Lipinski definition) is 4. The third kappa shape index (κ3) is 2.94. The number of carbonyl (C=O) groups is 1. The Balaban J connectivity index is 1.53. The summed E-state index contributed by atoms with van der Waals surface area (Å²) in [7, 11) is 0. The molecule has 0 saturated heterocycles. The van der Waals surface area contributed by atoms with Crippen molar-refractivity contribution in [1.29, 1.82) is 0 Å². The molecule has 0 saturated carbocycles. The van der Waals surface area contributed by atoms with Gasteiger partial charge in [-0.2, -0.15) is 5.10 Å². The Kier molecular flexibility index (Phi) is 4.59. The highest BCUT2D eigenvalue weighted by Gasteiger charge is 2.29. The molecule has 0 radical (unpaired) electrons. The number of hydrogen-bond donors (Lipinski definition) is 0. The van der Waals surface area contributed by atoms with E-state index in [4.69, 9.17) is 0 Å². The van der Waals surface area contributed by atoms with Crippen LogP contribution < -0.4 is 5.43 Å². The molecule has 0 fully saturated rings. The van der Waals surface area contributed by atoms with Gasteiger partial charge in [0.05, 0.1) is 24.3 Å². The van der Waals surface area contributed by atoms with E-state index in [-0.39, 0.29) is 17.4 Å². The van der Waals surface area contributed by atoms with Crippen molar-refractivity contribution in [2.45, 2.75) is 38.8 Å². The topological polar surface area (TPSA) is 55.2 Å². The van der Waals surface area contributed by atoms with Crippen molar-refractivity contribution in [3.8, 4) is 0 Å². The fourth-order valence-electron chi connectivity index (χ4n) is 3.82. The predicted molar refractivity (Wildman–Crippen MR) is 103 cm³/mol. The Morgan fingerprint density at radius 2 is 2.15 bits per heavy atom. The van der Waals surface area contributed by atoms with Gasteiger partial charge >= 0.3 is 0 Å². The van der Waals surface area contributed by atoms with Crippen molar-refractivity contribution < 1.29 is 4.79 Å². The molecular weight excluding hydrogens is 346 g/mol. The van der Waals surface area contributed by atoms with Crippen molar-refractivity contribution in [1.82, 2.24) is 14.7 Å². The Labute approximate surface area is 155 Å². The summed E-state index contributed by atoms with van der Waals surface area (Å²) in [4.78, 5) is 28.3. The normalized spacial score (nSPS) is 16.7. The predicted octanol–water partition coefficient (Wildman–Crippen LogP) is 3.38. The van der Waals surface area contributed by atoms with Crippen LogP contribution >= 0.6 is 11.3 Å². The second-order valence-corrected chi connectivity index (χ2v) is 7.56. The Morgan fingerprint density at radius 1 is 1.31 bits per heavy atom. The molecule has 1 aromatic carbocycles. The summed E-state index contributed by atoms with van der Waals surface area (Å²) in [5.74, 6) is 0.151. The number of thiophene rings is 1. The number of carbonyl (C=O) groups excluding carboxylic acids is 1. The van der Waals surface area contributed by atoms with Gasteiger partial charge in [-0.1, -0.05) is 19.1 Å². The first-order chi connectivity index (χ1) is 12.7. The van der Waals surface area contributed by atoms with E-state index in [9.17, 15) is 9.59 Å². The van der Waals surface area contributed by atoms with Gasteiger partial charge in [-0.25, -0.2) is 0 Å². The summed E-state index contributed by atoms with van der Waals surface area (Å²) in [6.07, 6.45) is 3.58. The molecule has 3 aromatic rings. The van der Waals surface area contributed by atoms with Gasteiger partial charge in [0.1, 0.15) is 0 Å². The van der Waals surface area contributed by atoms with Crippen LogP contribution in [-0.4, -0.2) is 27.1 Å². The van der Waals surface area contributed by atoms with Crippen molar-refractivity contribution in [2.75, 3.05) is 6.54 Å². The molecule has 5 nitrogen and oxygen atoms in total. The number of aromatic nitrogens is 2. The zero-order valence-corrected chi connectivity index (χ0v) is 15.5. The Bertz CT molecular complexity index is 1010. The summed E-state index contributed by atoms with van der Waals surface area (Å²) in [5.41, 5.74) is 2.00. The van der Waals surface area contributed by atoms with Crippen LogP contribution in [0.15, 0.2) is 46.7 Å². The first-order valence-electron chi connectivity index (χ1n) is 8.99. The molecule has 1 atom stereocenters. The number of benzene rings is 1. The van der Waals surface area contributed by atoms with Crippen LogP contribution in [0, 0.1) is 0 Å². The van der Waals surface area contributed by atoms with E-state index >= 15 is 0 Å². The third-order valence-corrected chi connectivity index (χ3v) is 6.10. The molecule has 26 heavy (non-hydrogen) atoms. The Morgan fingerprint density at radius 3 is 3.00 bits per heavy atom. The average molecular weight is 367 g/mol. The van der Waals surface area contributed by atoms with Crippen LogP contribution in [0.2, 0.25) is 0 Å². The number of fused-ring (bicyclic) bond motifs is 2. The van der Waals surface area contributed by atoms with E-state index in [2.05, 4.69) is 23.5 Å². The summed E-state index contributed by atoms with van der Waals surface area (Å²) in [5, 5.41) is 6.99. The van der Waals surface area contributed by atoms with E-state index < -0.39 is 0 Å². The number of aryl methyl sites for hydroxylation is 1. The maximum absolute atomic E-state index is 12.9. The minimum absolute atomic E-state index is 0.0877. The van der Waals surface area contributed by atoms with Gasteiger partial charge in [0.2, 0.25) is 11.3 Å². The lowest BCUT2D eigenvalue weighted by Gasteiger charge is -2.35. The van der Waals surface area contributed by atoms with Crippen molar-refractivity contribution >= 4 is 28.1 Å². The number of amides is 1. The molecule has 4 rings (SSSR count). The van der Waals surface area contributed by atoms with Gasteiger partial charge in [-0.15, -0.1) is 11.3 Å². The van der Waals surface area contributed by atoms with Crippen LogP contribution in [0.3, 0.4) is 0 Å². The lowest BCUT2D eigenvalue weighted by Crippen LogP contribution is -2.39. The fourth-order valence-corrected chi connectivity index (χ4v) is 4.75. The maximum Gasteiger partial charge on any atom is 0.224 e. The number of rotatable bonds is 4. The van der Waals surface area contributed by atoms with Crippen LogP contribution in [0.25, 0.3) is 10.9 Å². The zero-order chi connectivity index (χ0) is 18.1. The standard InChI is InChI=1S/C20H21N3O2S/c1-2-16-15-9-12-26-19(15)7-10-22(16)20(25)8-11-23-17-6-4-3-5-14(17)18(24)13-21-23/h3-6,9,12-13,16H,2,7-8,10-11H2,1H3. The molecular formula is C20H21N3O2S. The molecule has 1 amide bonds.